The first-order chi connectivity index (χ1) is 8.15. The van der Waals surface area contributed by atoms with Crippen molar-refractivity contribution in [3.05, 3.63) is 52.6 Å². The highest BCUT2D eigenvalue weighted by Crippen LogP contribution is 2.27. The summed E-state index contributed by atoms with van der Waals surface area (Å²) < 4.78 is 0.978. The van der Waals surface area contributed by atoms with Gasteiger partial charge in [0, 0.05) is 15.6 Å². The maximum atomic E-state index is 9.41. The van der Waals surface area contributed by atoms with Gasteiger partial charge in [-0.1, -0.05) is 23.9 Å². The summed E-state index contributed by atoms with van der Waals surface area (Å²) in [5.41, 5.74) is 0.929. The Hall–Kier alpha value is -0.840. The minimum absolute atomic E-state index is 0.417. The molecule has 1 atom stereocenters. The van der Waals surface area contributed by atoms with Crippen LogP contribution in [0.15, 0.2) is 57.0 Å². The van der Waals surface area contributed by atoms with Crippen LogP contribution in [0, 0.1) is 0 Å². The second-order valence-corrected chi connectivity index (χ2v) is 5.67. The number of halogens is 1. The number of hydrogen-bond acceptors (Lipinski definition) is 3. The van der Waals surface area contributed by atoms with E-state index < -0.39 is 6.10 Å². The van der Waals surface area contributed by atoms with Gasteiger partial charge in [-0.2, -0.15) is 0 Å². The summed E-state index contributed by atoms with van der Waals surface area (Å²) in [6.07, 6.45) is 1.37. The molecule has 1 N–H and O–H groups in total. The average molecular weight is 310 g/mol. The van der Waals surface area contributed by atoms with Gasteiger partial charge in [0.25, 0.3) is 0 Å². The molecule has 0 bridgehead atoms. The van der Waals surface area contributed by atoms with E-state index in [4.69, 9.17) is 0 Å². The molecule has 1 aromatic carbocycles. The van der Waals surface area contributed by atoms with Gasteiger partial charge in [0.1, 0.15) is 5.03 Å². The van der Waals surface area contributed by atoms with Crippen LogP contribution in [-0.4, -0.2) is 10.1 Å². The molecule has 17 heavy (non-hydrogen) atoms. The van der Waals surface area contributed by atoms with E-state index in [0.29, 0.717) is 0 Å². The summed E-state index contributed by atoms with van der Waals surface area (Å²) in [6, 6.07) is 11.8. The molecular formula is C13H12BrNOS. The predicted molar refractivity (Wildman–Crippen MR) is 73.1 cm³/mol. The van der Waals surface area contributed by atoms with Gasteiger partial charge in [-0.05, 0) is 52.7 Å². The lowest BCUT2D eigenvalue weighted by Gasteiger charge is -2.05. The van der Waals surface area contributed by atoms with E-state index in [1.54, 1.807) is 24.9 Å². The quantitative estimate of drug-likeness (QED) is 0.928. The topological polar surface area (TPSA) is 33.1 Å². The van der Waals surface area contributed by atoms with Gasteiger partial charge in [0.05, 0.1) is 6.10 Å². The van der Waals surface area contributed by atoms with Crippen molar-refractivity contribution >= 4 is 27.7 Å². The van der Waals surface area contributed by atoms with E-state index >= 15 is 0 Å². The maximum absolute atomic E-state index is 9.41. The van der Waals surface area contributed by atoms with E-state index in [-0.39, 0.29) is 0 Å². The van der Waals surface area contributed by atoms with Crippen LogP contribution in [0.4, 0.5) is 0 Å². The first-order valence-corrected chi connectivity index (χ1v) is 6.83. The molecule has 0 aliphatic rings. The number of aromatic nitrogens is 1. The summed E-state index contributed by atoms with van der Waals surface area (Å²) in [5.74, 6) is 0. The molecule has 2 nitrogen and oxygen atoms in total. The number of aliphatic hydroxyl groups excluding tert-OH is 1. The third-order valence-corrected chi connectivity index (χ3v) is 3.71. The molecule has 0 amide bonds. The van der Waals surface area contributed by atoms with Crippen molar-refractivity contribution in [1.29, 1.82) is 0 Å². The normalized spacial score (nSPS) is 12.4. The fourth-order valence-electron chi connectivity index (χ4n) is 1.36. The zero-order chi connectivity index (χ0) is 12.3. The van der Waals surface area contributed by atoms with Crippen molar-refractivity contribution in [2.75, 3.05) is 0 Å². The lowest BCUT2D eigenvalue weighted by atomic mass is 10.1. The van der Waals surface area contributed by atoms with Crippen LogP contribution in [0.2, 0.25) is 0 Å². The highest BCUT2D eigenvalue weighted by atomic mass is 79.9. The molecular weight excluding hydrogens is 298 g/mol. The minimum atomic E-state index is -0.417. The molecule has 0 unspecified atom stereocenters. The largest absolute Gasteiger partial charge is 0.389 e. The van der Waals surface area contributed by atoms with Gasteiger partial charge in [0.2, 0.25) is 0 Å². The van der Waals surface area contributed by atoms with E-state index in [2.05, 4.69) is 20.9 Å². The summed E-state index contributed by atoms with van der Waals surface area (Å²) in [5, 5.41) is 10.4. The van der Waals surface area contributed by atoms with Gasteiger partial charge in [-0.3, -0.25) is 0 Å². The van der Waals surface area contributed by atoms with Crippen LogP contribution < -0.4 is 0 Å². The molecule has 0 fully saturated rings. The maximum Gasteiger partial charge on any atom is 0.101 e. The lowest BCUT2D eigenvalue weighted by molar-refractivity contribution is 0.199. The Morgan fingerprint density at radius 1 is 1.18 bits per heavy atom. The Bertz CT molecular complexity index is 482. The fourth-order valence-corrected chi connectivity index (χ4v) is 2.35. The van der Waals surface area contributed by atoms with E-state index in [9.17, 15) is 5.11 Å². The Morgan fingerprint density at radius 2 is 1.88 bits per heavy atom. The second-order valence-electron chi connectivity index (χ2n) is 3.66. The first kappa shape index (κ1) is 12.6. The molecule has 2 rings (SSSR count). The summed E-state index contributed by atoms with van der Waals surface area (Å²) in [4.78, 5) is 5.41. The molecule has 0 aliphatic carbocycles. The summed E-state index contributed by atoms with van der Waals surface area (Å²) in [6.45, 7) is 1.76. The highest BCUT2D eigenvalue weighted by Gasteiger charge is 2.02. The predicted octanol–water partition coefficient (Wildman–Crippen LogP) is 4.05. The molecule has 4 heteroatoms. The van der Waals surface area contributed by atoms with Crippen LogP contribution >= 0.6 is 27.7 Å². The Kier molecular flexibility index (Phi) is 4.20. The monoisotopic (exact) mass is 309 g/mol. The first-order valence-electron chi connectivity index (χ1n) is 5.22. The van der Waals surface area contributed by atoms with Crippen LogP contribution in [-0.2, 0) is 0 Å². The second kappa shape index (κ2) is 5.67. The number of nitrogens with zero attached hydrogens (tertiary/aromatic N) is 1. The van der Waals surface area contributed by atoms with Gasteiger partial charge in [0.15, 0.2) is 0 Å². The molecule has 0 saturated heterocycles. The van der Waals surface area contributed by atoms with Crippen LogP contribution in [0.25, 0.3) is 0 Å². The van der Waals surface area contributed by atoms with Crippen molar-refractivity contribution in [1.82, 2.24) is 4.98 Å². The van der Waals surface area contributed by atoms with Crippen molar-refractivity contribution in [2.24, 2.45) is 0 Å². The van der Waals surface area contributed by atoms with Crippen LogP contribution in [0.3, 0.4) is 0 Å². The van der Waals surface area contributed by atoms with Gasteiger partial charge in [-0.25, -0.2) is 4.98 Å². The van der Waals surface area contributed by atoms with Gasteiger partial charge in [-0.15, -0.1) is 0 Å². The standard InChI is InChI=1S/C13H12BrNOS/c1-9(16)10-2-5-12(6-3-10)17-13-7-4-11(14)8-15-13/h2-9,16H,1H3/t9-/m0/s1. The summed E-state index contributed by atoms with van der Waals surface area (Å²) in [7, 11) is 0. The molecule has 1 aromatic heterocycles. The zero-order valence-corrected chi connectivity index (χ0v) is 11.7. The molecule has 0 spiro atoms. The number of benzene rings is 1. The van der Waals surface area contributed by atoms with Gasteiger partial charge < -0.3 is 5.11 Å². The fraction of sp³-hybridized carbons (Fsp3) is 0.154. The Balaban J connectivity index is 2.11. The number of hydrogen-bond donors (Lipinski definition) is 1. The molecule has 0 saturated carbocycles. The van der Waals surface area contributed by atoms with E-state index in [0.717, 1.165) is 20.0 Å². The number of aliphatic hydroxyl groups is 1. The van der Waals surface area contributed by atoms with Crippen LogP contribution in [0.1, 0.15) is 18.6 Å². The smallest absolute Gasteiger partial charge is 0.101 e. The molecule has 1 heterocycles. The number of pyridine rings is 1. The molecule has 2 aromatic rings. The summed E-state index contributed by atoms with van der Waals surface area (Å²) >= 11 is 4.96. The minimum Gasteiger partial charge on any atom is -0.389 e. The average Bonchev–Trinajstić information content (AvgIpc) is 2.33. The van der Waals surface area contributed by atoms with Crippen LogP contribution in [0.5, 0.6) is 0 Å². The van der Waals surface area contributed by atoms with Crippen molar-refractivity contribution in [3.63, 3.8) is 0 Å². The Morgan fingerprint density at radius 3 is 2.41 bits per heavy atom. The van der Waals surface area contributed by atoms with Gasteiger partial charge >= 0.3 is 0 Å². The third kappa shape index (κ3) is 3.56. The van der Waals surface area contributed by atoms with E-state index in [1.807, 2.05) is 36.4 Å². The number of rotatable bonds is 3. The zero-order valence-electron chi connectivity index (χ0n) is 9.30. The Labute approximate surface area is 113 Å². The van der Waals surface area contributed by atoms with Crippen molar-refractivity contribution in [3.8, 4) is 0 Å². The molecule has 88 valence electrons. The van der Waals surface area contributed by atoms with Crippen molar-refractivity contribution < 1.29 is 5.11 Å². The highest BCUT2D eigenvalue weighted by molar-refractivity contribution is 9.10. The lowest BCUT2D eigenvalue weighted by Crippen LogP contribution is -1.89. The molecule has 0 aliphatic heterocycles. The SMILES string of the molecule is C[C@H](O)c1ccc(Sc2ccc(Br)cn2)cc1. The third-order valence-electron chi connectivity index (χ3n) is 2.29. The molecule has 0 radical (unpaired) electrons. The van der Waals surface area contributed by atoms with Crippen molar-refractivity contribution in [2.45, 2.75) is 22.9 Å². The van der Waals surface area contributed by atoms with E-state index in [1.165, 1.54) is 0 Å².